The van der Waals surface area contributed by atoms with Crippen molar-refractivity contribution in [2.45, 2.75) is 39.5 Å². The first-order valence-electron chi connectivity index (χ1n) is 12.0. The van der Waals surface area contributed by atoms with Crippen LogP contribution in [0.1, 0.15) is 38.2 Å². The van der Waals surface area contributed by atoms with E-state index in [0.717, 1.165) is 19.3 Å². The van der Waals surface area contributed by atoms with Gasteiger partial charge in [-0.1, -0.05) is 18.5 Å². The summed E-state index contributed by atoms with van der Waals surface area (Å²) in [7, 11) is 0. The van der Waals surface area contributed by atoms with Gasteiger partial charge in [0.1, 0.15) is 5.75 Å². The number of halogens is 1. The molecule has 0 N–H and O–H groups in total. The Kier molecular flexibility index (Phi) is 6.13. The fraction of sp³-hybridized carbons (Fsp3) is 0.407. The molecule has 5 rings (SSSR count). The second-order valence-electron chi connectivity index (χ2n) is 9.89. The highest BCUT2D eigenvalue weighted by atomic mass is 35.5. The van der Waals surface area contributed by atoms with Crippen LogP contribution in [0, 0.1) is 30.6 Å². The third kappa shape index (κ3) is 4.33. The highest BCUT2D eigenvalue weighted by Gasteiger charge is 2.50. The number of hydrogen-bond donors (Lipinski definition) is 0. The zero-order valence-electron chi connectivity index (χ0n) is 19.7. The summed E-state index contributed by atoms with van der Waals surface area (Å²) in [4.78, 5) is 54.2. The molecule has 1 saturated carbocycles. The maximum Gasteiger partial charge on any atom is 0.316 e. The summed E-state index contributed by atoms with van der Waals surface area (Å²) >= 11 is 5.93. The molecule has 0 spiro atoms. The fourth-order valence-electron chi connectivity index (χ4n) is 5.50. The van der Waals surface area contributed by atoms with Gasteiger partial charge in [0.15, 0.2) is 0 Å². The lowest BCUT2D eigenvalue weighted by Gasteiger charge is -2.25. The molecule has 2 aromatic carbocycles. The Bertz CT molecular complexity index is 1210. The van der Waals surface area contributed by atoms with Crippen LogP contribution in [0.25, 0.3) is 0 Å². The van der Waals surface area contributed by atoms with E-state index >= 15 is 0 Å². The zero-order valence-corrected chi connectivity index (χ0v) is 20.5. The minimum atomic E-state index is -0.593. The molecule has 3 amide bonds. The minimum Gasteiger partial charge on any atom is -0.426 e. The van der Waals surface area contributed by atoms with Crippen LogP contribution in [0.5, 0.6) is 5.75 Å². The first kappa shape index (κ1) is 23.5. The van der Waals surface area contributed by atoms with Gasteiger partial charge in [-0.2, -0.15) is 0 Å². The van der Waals surface area contributed by atoms with E-state index in [4.69, 9.17) is 16.3 Å². The average Bonchev–Trinajstić information content (AvgIpc) is 3.32. The van der Waals surface area contributed by atoms with Gasteiger partial charge in [-0.05, 0) is 80.1 Å². The molecule has 4 atom stereocenters. The predicted molar refractivity (Wildman–Crippen MR) is 131 cm³/mol. The Balaban J connectivity index is 1.27. The number of carbonyl (C=O) groups is 4. The van der Waals surface area contributed by atoms with Gasteiger partial charge in [0.25, 0.3) is 0 Å². The van der Waals surface area contributed by atoms with Crippen LogP contribution in [0.3, 0.4) is 0 Å². The highest BCUT2D eigenvalue weighted by Crippen LogP contribution is 2.43. The van der Waals surface area contributed by atoms with Crippen molar-refractivity contribution in [3.63, 3.8) is 0 Å². The third-order valence-corrected chi connectivity index (χ3v) is 7.66. The molecule has 2 heterocycles. The molecule has 0 unspecified atom stereocenters. The number of imide groups is 1. The Labute approximate surface area is 209 Å². The summed E-state index contributed by atoms with van der Waals surface area (Å²) in [6.45, 7) is 4.14. The summed E-state index contributed by atoms with van der Waals surface area (Å²) in [5, 5.41) is 0.570. The molecule has 182 valence electrons. The molecule has 2 aromatic rings. The van der Waals surface area contributed by atoms with Gasteiger partial charge >= 0.3 is 5.97 Å². The molecule has 0 aromatic heterocycles. The summed E-state index contributed by atoms with van der Waals surface area (Å²) in [6.07, 6.45) is 2.51. The van der Waals surface area contributed by atoms with Crippen LogP contribution in [0.2, 0.25) is 5.02 Å². The van der Waals surface area contributed by atoms with Crippen LogP contribution in [0.15, 0.2) is 42.5 Å². The number of anilines is 2. The highest BCUT2D eigenvalue weighted by molar-refractivity contribution is 6.30. The number of carbonyl (C=O) groups excluding carboxylic acids is 4. The van der Waals surface area contributed by atoms with E-state index in [0.29, 0.717) is 33.6 Å². The smallest absolute Gasteiger partial charge is 0.316 e. The van der Waals surface area contributed by atoms with Crippen molar-refractivity contribution in [1.82, 2.24) is 0 Å². The minimum absolute atomic E-state index is 0.0660. The fourth-order valence-corrected chi connectivity index (χ4v) is 5.63. The first-order valence-corrected chi connectivity index (χ1v) is 12.4. The van der Waals surface area contributed by atoms with E-state index < -0.39 is 11.9 Å². The largest absolute Gasteiger partial charge is 0.426 e. The van der Waals surface area contributed by atoms with E-state index in [1.165, 1.54) is 4.90 Å². The second-order valence-corrected chi connectivity index (χ2v) is 10.3. The predicted octanol–water partition coefficient (Wildman–Crippen LogP) is 4.53. The van der Waals surface area contributed by atoms with Crippen molar-refractivity contribution in [3.05, 3.63) is 53.1 Å². The Hall–Kier alpha value is -3.19. The molecule has 3 fully saturated rings. The summed E-state index contributed by atoms with van der Waals surface area (Å²) < 4.78 is 5.58. The van der Waals surface area contributed by atoms with Crippen LogP contribution in [0.4, 0.5) is 11.4 Å². The number of rotatable bonds is 4. The summed E-state index contributed by atoms with van der Waals surface area (Å²) in [6, 6.07) is 11.8. The van der Waals surface area contributed by atoms with E-state index in [2.05, 4.69) is 6.92 Å². The Morgan fingerprint density at radius 1 is 1.00 bits per heavy atom. The molecule has 8 heteroatoms. The van der Waals surface area contributed by atoms with Crippen LogP contribution >= 0.6 is 11.6 Å². The second kappa shape index (κ2) is 9.11. The van der Waals surface area contributed by atoms with E-state index in [-0.39, 0.29) is 42.5 Å². The summed E-state index contributed by atoms with van der Waals surface area (Å²) in [5.41, 5.74) is 1.89. The topological polar surface area (TPSA) is 84.0 Å². The molecular formula is C27H27ClN2O5. The summed E-state index contributed by atoms with van der Waals surface area (Å²) in [5.74, 6) is -1.22. The number of amides is 3. The molecule has 0 bridgehead atoms. The molecule has 7 nitrogen and oxygen atoms in total. The van der Waals surface area contributed by atoms with E-state index in [1.54, 1.807) is 54.3 Å². The number of fused-ring (bicyclic) bond motifs is 1. The van der Waals surface area contributed by atoms with Crippen molar-refractivity contribution in [3.8, 4) is 5.75 Å². The lowest BCUT2D eigenvalue weighted by atomic mass is 9.76. The lowest BCUT2D eigenvalue weighted by Crippen LogP contribution is -2.31. The molecule has 1 aliphatic carbocycles. The molecule has 2 aliphatic heterocycles. The van der Waals surface area contributed by atoms with Gasteiger partial charge in [0.05, 0.1) is 23.4 Å². The van der Waals surface area contributed by atoms with Crippen LogP contribution in [-0.4, -0.2) is 30.2 Å². The third-order valence-electron chi connectivity index (χ3n) is 7.41. The number of hydrogen-bond acceptors (Lipinski definition) is 5. The number of aryl methyl sites for hydroxylation is 1. The monoisotopic (exact) mass is 494 g/mol. The molecule has 0 radical (unpaired) electrons. The maximum atomic E-state index is 13.1. The van der Waals surface area contributed by atoms with Gasteiger partial charge < -0.3 is 9.64 Å². The SMILES string of the molecule is Cc1cc(OC(=O)[C@@H]2CC(=O)N(c3ccc(Cl)cc3)C2)ccc1N1C(=O)[C@H]2C[C@@H](C)CC[C@H]2C1=O. The van der Waals surface area contributed by atoms with Crippen molar-refractivity contribution in [2.24, 2.45) is 23.7 Å². The normalized spacial score (nSPS) is 26.3. The quantitative estimate of drug-likeness (QED) is 0.354. The Morgan fingerprint density at radius 2 is 1.71 bits per heavy atom. The number of nitrogens with zero attached hydrogens (tertiary/aromatic N) is 2. The molecule has 2 saturated heterocycles. The van der Waals surface area contributed by atoms with Gasteiger partial charge in [0.2, 0.25) is 17.7 Å². The van der Waals surface area contributed by atoms with Gasteiger partial charge in [-0.15, -0.1) is 0 Å². The molecular weight excluding hydrogens is 468 g/mol. The number of benzene rings is 2. The van der Waals surface area contributed by atoms with Crippen molar-refractivity contribution >= 4 is 46.7 Å². The van der Waals surface area contributed by atoms with Crippen LogP contribution in [-0.2, 0) is 19.2 Å². The van der Waals surface area contributed by atoms with Crippen molar-refractivity contribution in [1.29, 1.82) is 0 Å². The van der Waals surface area contributed by atoms with Gasteiger partial charge in [-0.3, -0.25) is 19.2 Å². The molecule has 3 aliphatic rings. The lowest BCUT2D eigenvalue weighted by molar-refractivity contribution is -0.139. The Morgan fingerprint density at radius 3 is 2.43 bits per heavy atom. The number of esters is 1. The maximum absolute atomic E-state index is 13.1. The van der Waals surface area contributed by atoms with Crippen molar-refractivity contribution < 1.29 is 23.9 Å². The number of ether oxygens (including phenoxy) is 1. The standard InChI is InChI=1S/C27H27ClN2O5/c1-15-3-9-21-22(11-15)26(33)30(25(21)32)23-10-8-20(12-16(23)2)35-27(34)17-13-24(31)29(14-17)19-6-4-18(28)5-7-19/h4-8,10,12,15,17,21-22H,3,9,11,13-14H2,1-2H3/t15-,17+,21+,22-/m0/s1. The van der Waals surface area contributed by atoms with Crippen LogP contribution < -0.4 is 14.5 Å². The van der Waals surface area contributed by atoms with Crippen molar-refractivity contribution in [2.75, 3.05) is 16.3 Å². The van der Waals surface area contributed by atoms with Gasteiger partial charge in [0, 0.05) is 23.7 Å². The first-order chi connectivity index (χ1) is 16.7. The van der Waals surface area contributed by atoms with E-state index in [1.807, 2.05) is 0 Å². The average molecular weight is 495 g/mol. The van der Waals surface area contributed by atoms with E-state index in [9.17, 15) is 19.2 Å². The zero-order chi connectivity index (χ0) is 24.9. The van der Waals surface area contributed by atoms with Gasteiger partial charge in [-0.25, -0.2) is 4.90 Å². The molecule has 35 heavy (non-hydrogen) atoms.